The monoisotopic (exact) mass is 506 g/mol. The summed E-state index contributed by atoms with van der Waals surface area (Å²) < 4.78 is 0. The van der Waals surface area contributed by atoms with Crippen LogP contribution in [-0.4, -0.2) is 36.5 Å². The summed E-state index contributed by atoms with van der Waals surface area (Å²) >= 11 is 12.6. The number of anilines is 1. The third-order valence-corrected chi connectivity index (χ3v) is 8.54. The molecule has 0 aliphatic heterocycles. The number of nitrogens with zero attached hydrogens (tertiary/aromatic N) is 2. The first-order valence-electron chi connectivity index (χ1n) is 12.6. The highest BCUT2D eigenvalue weighted by molar-refractivity contribution is 6.42. The average Bonchev–Trinajstić information content (AvgIpc) is 3.32. The van der Waals surface area contributed by atoms with Crippen LogP contribution < -0.4 is 4.90 Å². The first-order chi connectivity index (χ1) is 16.9. The second kappa shape index (κ2) is 10.3. The van der Waals surface area contributed by atoms with Crippen molar-refractivity contribution in [1.29, 1.82) is 0 Å². The average molecular weight is 508 g/mol. The molecule has 0 spiro atoms. The molecule has 3 aromatic carbocycles. The van der Waals surface area contributed by atoms with Crippen LogP contribution in [0.25, 0.3) is 0 Å². The number of likely N-dealkylation sites (N-methyl/N-ethyl adjacent to an activating group) is 1. The Hall–Kier alpha value is -2.33. The summed E-state index contributed by atoms with van der Waals surface area (Å²) in [5.41, 5.74) is 7.07. The SMILES string of the molecule is CC(CN(C(=O)c1ccc2c(c1)CCCC2)c1ccc(Cl)c(Cl)c1)N(C)C1Cc2ccccc2C1. The van der Waals surface area contributed by atoms with Gasteiger partial charge in [-0.15, -0.1) is 0 Å². The minimum Gasteiger partial charge on any atom is -0.307 e. The lowest BCUT2D eigenvalue weighted by atomic mass is 9.90. The van der Waals surface area contributed by atoms with E-state index < -0.39 is 0 Å². The van der Waals surface area contributed by atoms with Gasteiger partial charge in [-0.3, -0.25) is 9.69 Å². The second-order valence-electron chi connectivity index (χ2n) is 10.1. The van der Waals surface area contributed by atoms with Gasteiger partial charge in [-0.2, -0.15) is 0 Å². The lowest BCUT2D eigenvalue weighted by Crippen LogP contribution is -2.47. The standard InChI is InChI=1S/C30H32Cl2N2O/c1-20(33(2)27-16-23-9-5-6-10-24(23)17-27)19-34(26-13-14-28(31)29(32)18-26)30(35)25-12-11-21-7-3-4-8-22(21)15-25/h5-6,9-15,18,20,27H,3-4,7-8,16-17,19H2,1-2H3. The van der Waals surface area contributed by atoms with Crippen molar-refractivity contribution in [3.05, 3.63) is 98.5 Å². The van der Waals surface area contributed by atoms with Crippen LogP contribution in [0.3, 0.4) is 0 Å². The molecule has 1 amide bonds. The summed E-state index contributed by atoms with van der Waals surface area (Å²) in [6, 6.07) is 21.0. The highest BCUT2D eigenvalue weighted by Crippen LogP contribution is 2.31. The predicted octanol–water partition coefficient (Wildman–Crippen LogP) is 7.01. The topological polar surface area (TPSA) is 23.6 Å². The Morgan fingerprint density at radius 2 is 1.57 bits per heavy atom. The minimum absolute atomic E-state index is 0.00622. The molecule has 0 heterocycles. The van der Waals surface area contributed by atoms with E-state index in [2.05, 4.69) is 55.3 Å². The molecule has 5 heteroatoms. The van der Waals surface area contributed by atoms with Gasteiger partial charge in [0.05, 0.1) is 10.0 Å². The van der Waals surface area contributed by atoms with Crippen molar-refractivity contribution in [2.24, 2.45) is 0 Å². The molecule has 2 aliphatic carbocycles. The molecular weight excluding hydrogens is 475 g/mol. The van der Waals surface area contributed by atoms with Crippen LogP contribution in [0, 0.1) is 0 Å². The number of hydrogen-bond donors (Lipinski definition) is 0. The fourth-order valence-corrected chi connectivity index (χ4v) is 5.85. The van der Waals surface area contributed by atoms with Gasteiger partial charge in [0.15, 0.2) is 0 Å². The van der Waals surface area contributed by atoms with Gasteiger partial charge in [-0.25, -0.2) is 0 Å². The molecule has 1 atom stereocenters. The predicted molar refractivity (Wildman–Crippen MR) is 146 cm³/mol. The van der Waals surface area contributed by atoms with Crippen LogP contribution >= 0.6 is 23.2 Å². The van der Waals surface area contributed by atoms with Crippen molar-refractivity contribution in [2.75, 3.05) is 18.5 Å². The van der Waals surface area contributed by atoms with Crippen LogP contribution in [0.4, 0.5) is 5.69 Å². The zero-order valence-electron chi connectivity index (χ0n) is 20.4. The quantitative estimate of drug-likeness (QED) is 0.359. The molecule has 0 saturated heterocycles. The highest BCUT2D eigenvalue weighted by Gasteiger charge is 2.30. The number of halogens is 2. The highest BCUT2D eigenvalue weighted by atomic mass is 35.5. The van der Waals surface area contributed by atoms with Crippen molar-refractivity contribution in [2.45, 2.75) is 57.5 Å². The largest absolute Gasteiger partial charge is 0.307 e. The molecule has 3 nitrogen and oxygen atoms in total. The normalized spacial score (nSPS) is 16.1. The van der Waals surface area contributed by atoms with Crippen LogP contribution in [0.1, 0.15) is 52.4 Å². The summed E-state index contributed by atoms with van der Waals surface area (Å²) in [5, 5.41) is 0.949. The second-order valence-corrected chi connectivity index (χ2v) is 10.9. The number of amides is 1. The van der Waals surface area contributed by atoms with E-state index in [-0.39, 0.29) is 11.9 Å². The van der Waals surface area contributed by atoms with E-state index in [4.69, 9.17) is 23.2 Å². The maximum atomic E-state index is 13.9. The van der Waals surface area contributed by atoms with Crippen LogP contribution in [0.5, 0.6) is 0 Å². The van der Waals surface area contributed by atoms with E-state index in [9.17, 15) is 4.79 Å². The van der Waals surface area contributed by atoms with Gasteiger partial charge in [0.1, 0.15) is 0 Å². The van der Waals surface area contributed by atoms with E-state index in [1.807, 2.05) is 17.0 Å². The number of carbonyl (C=O) groups is 1. The molecule has 2 aliphatic rings. The molecule has 0 bridgehead atoms. The van der Waals surface area contributed by atoms with Crippen molar-refractivity contribution in [1.82, 2.24) is 4.90 Å². The molecule has 0 aromatic heterocycles. The summed E-state index contributed by atoms with van der Waals surface area (Å²) in [6.07, 6.45) is 6.65. The van der Waals surface area contributed by atoms with Gasteiger partial charge < -0.3 is 4.90 Å². The Kier molecular flexibility index (Phi) is 7.20. The lowest BCUT2D eigenvalue weighted by Gasteiger charge is -2.35. The van der Waals surface area contributed by atoms with E-state index >= 15 is 0 Å². The summed E-state index contributed by atoms with van der Waals surface area (Å²) in [5.74, 6) is 0.00622. The van der Waals surface area contributed by atoms with E-state index in [1.165, 1.54) is 35.1 Å². The van der Waals surface area contributed by atoms with Gasteiger partial charge in [0.25, 0.3) is 5.91 Å². The first-order valence-corrected chi connectivity index (χ1v) is 13.3. The Morgan fingerprint density at radius 3 is 2.26 bits per heavy atom. The first kappa shape index (κ1) is 24.4. The minimum atomic E-state index is 0.00622. The maximum Gasteiger partial charge on any atom is 0.258 e. The number of fused-ring (bicyclic) bond motifs is 2. The summed E-state index contributed by atoms with van der Waals surface area (Å²) in [6.45, 7) is 2.77. The van der Waals surface area contributed by atoms with E-state index in [0.29, 0.717) is 22.6 Å². The third kappa shape index (κ3) is 5.14. The van der Waals surface area contributed by atoms with Crippen molar-refractivity contribution < 1.29 is 4.79 Å². The summed E-state index contributed by atoms with van der Waals surface area (Å²) in [7, 11) is 2.18. The summed E-state index contributed by atoms with van der Waals surface area (Å²) in [4.78, 5) is 18.2. The maximum absolute atomic E-state index is 13.9. The molecule has 5 rings (SSSR count). The number of aryl methyl sites for hydroxylation is 2. The Labute approximate surface area is 218 Å². The Balaban J connectivity index is 1.40. The van der Waals surface area contributed by atoms with Crippen LogP contribution in [-0.2, 0) is 25.7 Å². The smallest absolute Gasteiger partial charge is 0.258 e. The van der Waals surface area contributed by atoms with E-state index in [1.54, 1.807) is 12.1 Å². The van der Waals surface area contributed by atoms with Gasteiger partial charge in [-0.05, 0) is 105 Å². The van der Waals surface area contributed by atoms with Crippen LogP contribution in [0.15, 0.2) is 60.7 Å². The molecule has 1 unspecified atom stereocenters. The third-order valence-electron chi connectivity index (χ3n) is 7.80. The Morgan fingerprint density at radius 1 is 0.886 bits per heavy atom. The van der Waals surface area contributed by atoms with Crippen molar-refractivity contribution in [3.8, 4) is 0 Å². The number of benzene rings is 3. The number of rotatable bonds is 6. The molecule has 3 aromatic rings. The molecule has 0 saturated carbocycles. The van der Waals surface area contributed by atoms with Crippen LogP contribution in [0.2, 0.25) is 10.0 Å². The fourth-order valence-electron chi connectivity index (χ4n) is 5.56. The van der Waals surface area contributed by atoms with Gasteiger partial charge in [0.2, 0.25) is 0 Å². The number of carbonyl (C=O) groups excluding carboxylic acids is 1. The van der Waals surface area contributed by atoms with Gasteiger partial charge in [0, 0.05) is 29.9 Å². The zero-order chi connectivity index (χ0) is 24.5. The fraction of sp³-hybridized carbons (Fsp3) is 0.367. The molecule has 35 heavy (non-hydrogen) atoms. The van der Waals surface area contributed by atoms with Gasteiger partial charge >= 0.3 is 0 Å². The van der Waals surface area contributed by atoms with Gasteiger partial charge in [-0.1, -0.05) is 53.5 Å². The van der Waals surface area contributed by atoms with Crippen molar-refractivity contribution in [3.63, 3.8) is 0 Å². The lowest BCUT2D eigenvalue weighted by molar-refractivity contribution is 0.0973. The number of hydrogen-bond acceptors (Lipinski definition) is 2. The molecule has 0 fully saturated rings. The molecule has 182 valence electrons. The van der Waals surface area contributed by atoms with E-state index in [0.717, 1.165) is 36.9 Å². The zero-order valence-corrected chi connectivity index (χ0v) is 21.9. The Bertz CT molecular complexity index is 1220. The molecule has 0 radical (unpaired) electrons. The molecule has 0 N–H and O–H groups in total. The van der Waals surface area contributed by atoms with Crippen molar-refractivity contribution >= 4 is 34.8 Å². The molecular formula is C30H32Cl2N2O.